The van der Waals surface area contributed by atoms with Gasteiger partial charge in [0.15, 0.2) is 5.82 Å². The lowest BCUT2D eigenvalue weighted by Gasteiger charge is -2.27. The molecule has 3 N–H and O–H groups in total. The van der Waals surface area contributed by atoms with Crippen molar-refractivity contribution in [3.05, 3.63) is 59.9 Å². The molecule has 43 heavy (non-hydrogen) atoms. The van der Waals surface area contributed by atoms with Gasteiger partial charge < -0.3 is 29.8 Å². The molecule has 8 rings (SSSR count). The van der Waals surface area contributed by atoms with Crippen LogP contribution in [0.2, 0.25) is 0 Å². The van der Waals surface area contributed by atoms with E-state index in [-0.39, 0.29) is 18.0 Å². The Labute approximate surface area is 249 Å². The van der Waals surface area contributed by atoms with Crippen molar-refractivity contribution in [2.24, 2.45) is 24.6 Å². The highest BCUT2D eigenvalue weighted by Crippen LogP contribution is 2.40. The lowest BCUT2D eigenvalue weighted by atomic mass is 10.1. The van der Waals surface area contributed by atoms with E-state index in [9.17, 15) is 4.79 Å². The number of nitrogens with one attached hydrogen (secondary N) is 1. The average Bonchev–Trinajstić information content (AvgIpc) is 3.42. The smallest absolute Gasteiger partial charge is 0.254 e. The van der Waals surface area contributed by atoms with Crippen LogP contribution in [0, 0.1) is 18.8 Å². The number of anilines is 2. The number of carbonyl (C=O) groups is 1. The molecule has 3 atom stereocenters. The Morgan fingerprint density at radius 3 is 2.70 bits per heavy atom. The molecule has 4 aromatic heterocycles. The van der Waals surface area contributed by atoms with E-state index < -0.39 is 0 Å². The fourth-order valence-corrected chi connectivity index (χ4v) is 7.14. The van der Waals surface area contributed by atoms with E-state index in [0.717, 1.165) is 76.6 Å². The van der Waals surface area contributed by atoms with Gasteiger partial charge in [-0.1, -0.05) is 0 Å². The Kier molecular flexibility index (Phi) is 5.98. The molecule has 10 nitrogen and oxygen atoms in total. The summed E-state index contributed by atoms with van der Waals surface area (Å²) >= 11 is 0. The lowest BCUT2D eigenvalue weighted by Crippen LogP contribution is -2.41. The molecular weight excluding hydrogens is 540 g/mol. The second-order valence-corrected chi connectivity index (χ2v) is 12.5. The highest BCUT2D eigenvalue weighted by molar-refractivity contribution is 6.00. The topological polar surface area (TPSA) is 116 Å². The van der Waals surface area contributed by atoms with E-state index in [2.05, 4.69) is 31.6 Å². The molecule has 3 fully saturated rings. The molecule has 1 aromatic carbocycles. The van der Waals surface area contributed by atoms with Crippen LogP contribution in [-0.4, -0.2) is 60.6 Å². The SMILES string of the molecule is COc1cc(C(=O)N2CC3CCC2[C@@H]3N)cc2nc(-c3cc4ccc(Nc5ccncc5C)nc4n3CC3CC3)n(C)c12. The molecular formula is C33H36N8O2. The van der Waals surface area contributed by atoms with E-state index in [1.807, 2.05) is 49.3 Å². The fourth-order valence-electron chi connectivity index (χ4n) is 7.14. The zero-order chi connectivity index (χ0) is 29.4. The van der Waals surface area contributed by atoms with Crippen molar-refractivity contribution in [1.82, 2.24) is 29.0 Å². The van der Waals surface area contributed by atoms with Crippen molar-refractivity contribution in [2.75, 3.05) is 19.0 Å². The van der Waals surface area contributed by atoms with Crippen LogP contribution in [0.3, 0.4) is 0 Å². The van der Waals surface area contributed by atoms with E-state index in [1.54, 1.807) is 13.3 Å². The minimum atomic E-state index is 0.00608. The summed E-state index contributed by atoms with van der Waals surface area (Å²) in [5, 5.41) is 4.52. The van der Waals surface area contributed by atoms with Gasteiger partial charge in [0.05, 0.1) is 18.3 Å². The van der Waals surface area contributed by atoms with Crippen molar-refractivity contribution >= 4 is 39.5 Å². The summed E-state index contributed by atoms with van der Waals surface area (Å²) in [5.41, 5.74) is 12.6. The van der Waals surface area contributed by atoms with Crippen molar-refractivity contribution in [1.29, 1.82) is 0 Å². The Morgan fingerprint density at radius 1 is 1.12 bits per heavy atom. The van der Waals surface area contributed by atoms with E-state index >= 15 is 0 Å². The maximum absolute atomic E-state index is 13.7. The number of pyridine rings is 2. The van der Waals surface area contributed by atoms with Crippen LogP contribution < -0.4 is 15.8 Å². The highest BCUT2D eigenvalue weighted by atomic mass is 16.5. The van der Waals surface area contributed by atoms with Crippen LogP contribution in [0.25, 0.3) is 33.6 Å². The fraction of sp³-hybridized carbons (Fsp3) is 0.394. The number of likely N-dealkylation sites (tertiary alicyclic amines) is 1. The number of fused-ring (bicyclic) bond motifs is 4. The van der Waals surface area contributed by atoms with Crippen LogP contribution in [0.1, 0.15) is 41.6 Å². The Balaban J connectivity index is 1.21. The van der Waals surface area contributed by atoms with Gasteiger partial charge in [0.25, 0.3) is 5.91 Å². The summed E-state index contributed by atoms with van der Waals surface area (Å²) < 4.78 is 10.2. The molecule has 1 aliphatic heterocycles. The van der Waals surface area contributed by atoms with Gasteiger partial charge >= 0.3 is 0 Å². The molecule has 2 bridgehead atoms. The lowest BCUT2D eigenvalue weighted by molar-refractivity contribution is 0.0700. The summed E-state index contributed by atoms with van der Waals surface area (Å²) in [7, 11) is 3.66. The number of aryl methyl sites for hydroxylation is 2. The van der Waals surface area contributed by atoms with Crippen molar-refractivity contribution < 1.29 is 9.53 Å². The number of benzene rings is 1. The number of hydrogen-bond acceptors (Lipinski definition) is 7. The number of nitrogens with two attached hydrogens (primary N) is 1. The molecule has 220 valence electrons. The predicted octanol–water partition coefficient (Wildman–Crippen LogP) is 5.02. The quantitative estimate of drug-likeness (QED) is 0.280. The van der Waals surface area contributed by atoms with Gasteiger partial charge in [0.2, 0.25) is 0 Å². The first-order chi connectivity index (χ1) is 20.9. The third-order valence-electron chi connectivity index (χ3n) is 9.71. The first-order valence-corrected chi connectivity index (χ1v) is 15.2. The number of imidazole rings is 1. The second kappa shape index (κ2) is 9.80. The van der Waals surface area contributed by atoms with Crippen molar-refractivity contribution in [3.8, 4) is 17.3 Å². The van der Waals surface area contributed by atoms with E-state index in [4.69, 9.17) is 20.4 Å². The monoisotopic (exact) mass is 576 g/mol. The zero-order valence-corrected chi connectivity index (χ0v) is 24.7. The number of ether oxygens (including phenoxy) is 1. The number of hydrogen-bond donors (Lipinski definition) is 2. The molecule has 1 amide bonds. The summed E-state index contributed by atoms with van der Waals surface area (Å²) in [6.45, 7) is 3.64. The molecule has 0 radical (unpaired) electrons. The first kappa shape index (κ1) is 26.2. The number of methoxy groups -OCH3 is 1. The highest BCUT2D eigenvalue weighted by Gasteiger charge is 2.47. The average molecular weight is 577 g/mol. The van der Waals surface area contributed by atoms with Crippen LogP contribution in [0.15, 0.2) is 48.8 Å². The number of rotatable bonds is 7. The van der Waals surface area contributed by atoms with Crippen LogP contribution >= 0.6 is 0 Å². The largest absolute Gasteiger partial charge is 0.494 e. The minimum absolute atomic E-state index is 0.00608. The Hall–Kier alpha value is -4.44. The third kappa shape index (κ3) is 4.26. The number of carbonyl (C=O) groups excluding carboxylic acids is 1. The number of amides is 1. The standard InChI is InChI=1S/C33H36N8O2/c1-18-15-35-11-10-23(18)36-28-9-7-20-13-26(40(31(20)38-28)16-19-4-5-19)32-37-24-12-22(14-27(43-3)30(24)39(32)2)33(42)41-17-21-6-8-25(41)29(21)34/h7,9-15,19,21,25,29H,4-6,8,16-17,34H2,1-3H3,(H,35,36,38)/t21?,25?,29-/m1/s1. The second-order valence-electron chi connectivity index (χ2n) is 12.5. The third-order valence-corrected chi connectivity index (χ3v) is 9.71. The van der Waals surface area contributed by atoms with E-state index in [0.29, 0.717) is 23.1 Å². The van der Waals surface area contributed by atoms with E-state index in [1.165, 1.54) is 12.8 Å². The van der Waals surface area contributed by atoms with Crippen LogP contribution in [-0.2, 0) is 13.6 Å². The minimum Gasteiger partial charge on any atom is -0.494 e. The summed E-state index contributed by atoms with van der Waals surface area (Å²) in [6.07, 6.45) is 8.15. The molecule has 2 saturated carbocycles. The summed E-state index contributed by atoms with van der Waals surface area (Å²) in [6, 6.07) is 12.2. The number of aromatic nitrogens is 5. The first-order valence-electron chi connectivity index (χ1n) is 15.2. The molecule has 2 unspecified atom stereocenters. The van der Waals surface area contributed by atoms with Crippen LogP contribution in [0.4, 0.5) is 11.5 Å². The van der Waals surface area contributed by atoms with Gasteiger partial charge in [-0.05, 0) is 86.4 Å². The normalized spacial score (nSPS) is 21.3. The molecule has 5 aromatic rings. The van der Waals surface area contributed by atoms with Gasteiger partial charge in [-0.2, -0.15) is 0 Å². The molecule has 0 spiro atoms. The predicted molar refractivity (Wildman–Crippen MR) is 166 cm³/mol. The Bertz CT molecular complexity index is 1900. The number of nitrogens with zero attached hydrogens (tertiary/aromatic N) is 6. The number of piperidine rings is 1. The summed E-state index contributed by atoms with van der Waals surface area (Å²) in [5.74, 6) is 3.27. The molecule has 1 saturated heterocycles. The molecule has 5 heterocycles. The maximum atomic E-state index is 13.7. The zero-order valence-electron chi connectivity index (χ0n) is 24.7. The van der Waals surface area contributed by atoms with Gasteiger partial charge in [-0.25, -0.2) is 9.97 Å². The van der Waals surface area contributed by atoms with Gasteiger partial charge in [-0.15, -0.1) is 0 Å². The van der Waals surface area contributed by atoms with Crippen molar-refractivity contribution in [3.63, 3.8) is 0 Å². The van der Waals surface area contributed by atoms with Gasteiger partial charge in [0, 0.05) is 61.3 Å². The van der Waals surface area contributed by atoms with Gasteiger partial charge in [-0.3, -0.25) is 9.78 Å². The van der Waals surface area contributed by atoms with Gasteiger partial charge in [0.1, 0.15) is 22.7 Å². The molecule has 3 aliphatic rings. The summed E-state index contributed by atoms with van der Waals surface area (Å²) in [4.78, 5) is 30.1. The molecule has 10 heteroatoms. The molecule has 2 aliphatic carbocycles. The van der Waals surface area contributed by atoms with Crippen molar-refractivity contribution in [2.45, 2.75) is 51.2 Å². The maximum Gasteiger partial charge on any atom is 0.254 e. The Morgan fingerprint density at radius 2 is 1.98 bits per heavy atom. The van der Waals surface area contributed by atoms with Crippen LogP contribution in [0.5, 0.6) is 5.75 Å².